The van der Waals surface area contributed by atoms with Crippen molar-refractivity contribution in [2.45, 2.75) is 57.8 Å². The molecule has 3 nitrogen and oxygen atoms in total. The fourth-order valence-corrected chi connectivity index (χ4v) is 4.50. The van der Waals surface area contributed by atoms with Gasteiger partial charge in [-0.25, -0.2) is 0 Å². The first-order valence-corrected chi connectivity index (χ1v) is 9.71. The lowest BCUT2D eigenvalue weighted by atomic mass is 10.1. The van der Waals surface area contributed by atoms with Gasteiger partial charge in [0.2, 0.25) is 0 Å². The number of benzene rings is 1. The molecule has 1 N–H and O–H groups in total. The van der Waals surface area contributed by atoms with Crippen LogP contribution in [-0.2, 0) is 19.5 Å². The second-order valence-electron chi connectivity index (χ2n) is 7.09. The number of hydrogen-bond donors (Lipinski definition) is 1. The molecule has 1 aliphatic carbocycles. The van der Waals surface area contributed by atoms with Crippen molar-refractivity contribution < 1.29 is 4.79 Å². The summed E-state index contributed by atoms with van der Waals surface area (Å²) in [4.78, 5) is 17.3. The molecule has 1 saturated carbocycles. The molecule has 0 saturated heterocycles. The molecule has 1 amide bonds. The van der Waals surface area contributed by atoms with Gasteiger partial charge in [-0.1, -0.05) is 30.3 Å². The molecule has 1 aromatic heterocycles. The number of nitrogens with zero attached hydrogens (tertiary/aromatic N) is 1. The van der Waals surface area contributed by atoms with Crippen LogP contribution in [0.1, 0.15) is 51.9 Å². The molecule has 126 valence electrons. The number of hydrogen-bond acceptors (Lipinski definition) is 3. The monoisotopic (exact) mass is 340 g/mol. The highest BCUT2D eigenvalue weighted by Gasteiger charge is 2.34. The van der Waals surface area contributed by atoms with Crippen molar-refractivity contribution in [1.82, 2.24) is 10.2 Å². The van der Waals surface area contributed by atoms with Gasteiger partial charge in [-0.15, -0.1) is 11.3 Å². The van der Waals surface area contributed by atoms with E-state index < -0.39 is 0 Å². The number of carbonyl (C=O) groups excluding carboxylic acids is 1. The molecule has 0 bridgehead atoms. The Morgan fingerprint density at radius 2 is 2.08 bits per heavy atom. The van der Waals surface area contributed by atoms with Gasteiger partial charge >= 0.3 is 0 Å². The van der Waals surface area contributed by atoms with Crippen LogP contribution in [0.15, 0.2) is 36.4 Å². The van der Waals surface area contributed by atoms with Gasteiger partial charge < -0.3 is 5.32 Å². The van der Waals surface area contributed by atoms with E-state index in [1.165, 1.54) is 28.8 Å². The number of carbonyl (C=O) groups is 1. The zero-order valence-corrected chi connectivity index (χ0v) is 14.9. The largest absolute Gasteiger partial charge is 0.349 e. The normalized spacial score (nSPS) is 18.4. The molecule has 0 spiro atoms. The third kappa shape index (κ3) is 3.55. The molecule has 0 radical (unpaired) electrons. The second kappa shape index (κ2) is 6.69. The number of aryl methyl sites for hydroxylation is 1. The van der Waals surface area contributed by atoms with Crippen molar-refractivity contribution in [3.63, 3.8) is 0 Å². The zero-order chi connectivity index (χ0) is 16.5. The van der Waals surface area contributed by atoms with Crippen LogP contribution in [0, 0.1) is 0 Å². The fraction of sp³-hybridized carbons (Fsp3) is 0.450. The van der Waals surface area contributed by atoms with Crippen molar-refractivity contribution in [3.8, 4) is 0 Å². The molecule has 1 atom stereocenters. The highest BCUT2D eigenvalue weighted by molar-refractivity contribution is 7.14. The second-order valence-corrected chi connectivity index (χ2v) is 8.23. The molecule has 4 heteroatoms. The van der Waals surface area contributed by atoms with Gasteiger partial charge in [0.05, 0.1) is 4.88 Å². The molecular weight excluding hydrogens is 316 g/mol. The van der Waals surface area contributed by atoms with E-state index in [0.717, 1.165) is 36.9 Å². The summed E-state index contributed by atoms with van der Waals surface area (Å²) in [5.74, 6) is 0.0907. The van der Waals surface area contributed by atoms with E-state index in [9.17, 15) is 4.79 Å². The number of thiophene rings is 1. The van der Waals surface area contributed by atoms with Crippen LogP contribution >= 0.6 is 11.3 Å². The Morgan fingerprint density at radius 3 is 2.79 bits per heavy atom. The van der Waals surface area contributed by atoms with Gasteiger partial charge in [0.15, 0.2) is 0 Å². The third-order valence-corrected chi connectivity index (χ3v) is 6.15. The summed E-state index contributed by atoms with van der Waals surface area (Å²) in [5, 5.41) is 3.16. The van der Waals surface area contributed by atoms with Crippen LogP contribution in [-0.4, -0.2) is 22.9 Å². The van der Waals surface area contributed by atoms with Gasteiger partial charge in [0.1, 0.15) is 0 Å². The molecule has 1 aliphatic heterocycles. The van der Waals surface area contributed by atoms with Crippen molar-refractivity contribution in [1.29, 1.82) is 0 Å². The minimum Gasteiger partial charge on any atom is -0.349 e. The van der Waals surface area contributed by atoms with E-state index in [2.05, 4.69) is 47.5 Å². The Labute approximate surface area is 147 Å². The smallest absolute Gasteiger partial charge is 0.261 e. The molecule has 24 heavy (non-hydrogen) atoms. The molecule has 2 aromatic rings. The number of amides is 1. The average molecular weight is 340 g/mol. The number of fused-ring (bicyclic) bond motifs is 1. The average Bonchev–Trinajstić information content (AvgIpc) is 3.24. The summed E-state index contributed by atoms with van der Waals surface area (Å²) in [6.07, 6.45) is 4.66. The van der Waals surface area contributed by atoms with Crippen molar-refractivity contribution in [3.05, 3.63) is 57.3 Å². The SMILES string of the molecule is CC(CCc1ccccc1)NC(=O)c1cc2c(s1)CN(C1CC1)C2. The highest BCUT2D eigenvalue weighted by atomic mass is 32.1. The van der Waals surface area contributed by atoms with Gasteiger partial charge in [0.25, 0.3) is 5.91 Å². The van der Waals surface area contributed by atoms with Gasteiger partial charge in [0, 0.05) is 30.1 Å². The van der Waals surface area contributed by atoms with E-state index in [4.69, 9.17) is 0 Å². The van der Waals surface area contributed by atoms with Crippen LogP contribution in [0.4, 0.5) is 0 Å². The van der Waals surface area contributed by atoms with Crippen LogP contribution < -0.4 is 5.32 Å². The van der Waals surface area contributed by atoms with E-state index in [1.807, 2.05) is 6.07 Å². The Bertz CT molecular complexity index is 697. The summed E-state index contributed by atoms with van der Waals surface area (Å²) in [6, 6.07) is 13.6. The lowest BCUT2D eigenvalue weighted by Crippen LogP contribution is -2.32. The molecular formula is C20H24N2OS. The molecule has 2 heterocycles. The van der Waals surface area contributed by atoms with Crippen LogP contribution in [0.3, 0.4) is 0 Å². The summed E-state index contributed by atoms with van der Waals surface area (Å²) in [7, 11) is 0. The molecule has 1 aromatic carbocycles. The topological polar surface area (TPSA) is 32.3 Å². The lowest BCUT2D eigenvalue weighted by molar-refractivity contribution is 0.0942. The van der Waals surface area contributed by atoms with Gasteiger partial charge in [-0.2, -0.15) is 0 Å². The van der Waals surface area contributed by atoms with Crippen molar-refractivity contribution >= 4 is 17.2 Å². The summed E-state index contributed by atoms with van der Waals surface area (Å²) < 4.78 is 0. The number of nitrogens with one attached hydrogen (secondary N) is 1. The summed E-state index contributed by atoms with van der Waals surface area (Å²) in [5.41, 5.74) is 2.70. The first-order chi connectivity index (χ1) is 11.7. The van der Waals surface area contributed by atoms with Crippen molar-refractivity contribution in [2.75, 3.05) is 0 Å². The van der Waals surface area contributed by atoms with Crippen molar-refractivity contribution in [2.24, 2.45) is 0 Å². The van der Waals surface area contributed by atoms with Gasteiger partial charge in [-0.3, -0.25) is 9.69 Å². The quantitative estimate of drug-likeness (QED) is 0.863. The van der Waals surface area contributed by atoms with E-state index >= 15 is 0 Å². The first kappa shape index (κ1) is 15.9. The predicted octanol–water partition coefficient (Wildman–Crippen LogP) is 3.98. The van der Waals surface area contributed by atoms with Crippen LogP contribution in [0.5, 0.6) is 0 Å². The maximum Gasteiger partial charge on any atom is 0.261 e. The Kier molecular flexibility index (Phi) is 4.42. The van der Waals surface area contributed by atoms with E-state index in [-0.39, 0.29) is 11.9 Å². The van der Waals surface area contributed by atoms with Gasteiger partial charge in [-0.05, 0) is 49.8 Å². The highest BCUT2D eigenvalue weighted by Crippen LogP contribution is 2.38. The van der Waals surface area contributed by atoms with E-state index in [0.29, 0.717) is 0 Å². The van der Waals surface area contributed by atoms with Crippen LogP contribution in [0.25, 0.3) is 0 Å². The summed E-state index contributed by atoms with van der Waals surface area (Å²) in [6.45, 7) is 4.17. The minimum absolute atomic E-state index is 0.0907. The molecule has 1 unspecified atom stereocenters. The Hall–Kier alpha value is -1.65. The Balaban J connectivity index is 1.29. The first-order valence-electron chi connectivity index (χ1n) is 8.89. The summed E-state index contributed by atoms with van der Waals surface area (Å²) >= 11 is 1.68. The molecule has 2 aliphatic rings. The lowest BCUT2D eigenvalue weighted by Gasteiger charge is -2.14. The standard InChI is InChI=1S/C20H24N2OS/c1-14(7-8-15-5-3-2-4-6-15)21-20(23)18-11-16-12-22(17-9-10-17)13-19(16)24-18/h2-6,11,14,17H,7-10,12-13H2,1H3,(H,21,23). The predicted molar refractivity (Wildman–Crippen MR) is 98.3 cm³/mol. The Morgan fingerprint density at radius 1 is 1.29 bits per heavy atom. The van der Waals surface area contributed by atoms with Crippen LogP contribution in [0.2, 0.25) is 0 Å². The third-order valence-electron chi connectivity index (χ3n) is 4.99. The maximum absolute atomic E-state index is 12.5. The van der Waals surface area contributed by atoms with E-state index in [1.54, 1.807) is 11.3 Å². The fourth-order valence-electron chi connectivity index (χ4n) is 3.40. The maximum atomic E-state index is 12.5. The molecule has 4 rings (SSSR count). The number of rotatable bonds is 6. The minimum atomic E-state index is 0.0907. The molecule has 1 fully saturated rings. The zero-order valence-electron chi connectivity index (χ0n) is 14.1.